The SMILES string of the molecule is BrCCCCCSc1nnnn1C1CCCC1. The molecule has 2 rings (SSSR count). The highest BCUT2D eigenvalue weighted by molar-refractivity contribution is 9.09. The number of halogens is 1. The third kappa shape index (κ3) is 3.95. The highest BCUT2D eigenvalue weighted by Gasteiger charge is 2.21. The lowest BCUT2D eigenvalue weighted by molar-refractivity contribution is 0.423. The largest absolute Gasteiger partial charge is 0.217 e. The van der Waals surface area contributed by atoms with Crippen molar-refractivity contribution in [1.29, 1.82) is 0 Å². The Morgan fingerprint density at radius 3 is 2.82 bits per heavy atom. The van der Waals surface area contributed by atoms with E-state index in [9.17, 15) is 0 Å². The van der Waals surface area contributed by atoms with Gasteiger partial charge in [-0.2, -0.15) is 0 Å². The van der Waals surface area contributed by atoms with Crippen molar-refractivity contribution in [3.8, 4) is 0 Å². The number of nitrogens with zero attached hydrogens (tertiary/aromatic N) is 4. The third-order valence-electron chi connectivity index (χ3n) is 3.14. The number of rotatable bonds is 7. The summed E-state index contributed by atoms with van der Waals surface area (Å²) in [6.07, 6.45) is 8.90. The highest BCUT2D eigenvalue weighted by Crippen LogP contribution is 2.31. The van der Waals surface area contributed by atoms with Crippen molar-refractivity contribution in [2.24, 2.45) is 0 Å². The summed E-state index contributed by atoms with van der Waals surface area (Å²) < 4.78 is 2.04. The molecule has 96 valence electrons. The molecule has 0 saturated heterocycles. The molecule has 1 aliphatic carbocycles. The van der Waals surface area contributed by atoms with Gasteiger partial charge in [-0.3, -0.25) is 0 Å². The zero-order chi connectivity index (χ0) is 11.9. The first kappa shape index (κ1) is 13.3. The smallest absolute Gasteiger partial charge is 0.209 e. The van der Waals surface area contributed by atoms with Crippen molar-refractivity contribution in [3.63, 3.8) is 0 Å². The van der Waals surface area contributed by atoms with Gasteiger partial charge in [-0.05, 0) is 36.1 Å². The number of tetrazole rings is 1. The lowest BCUT2D eigenvalue weighted by atomic mass is 10.3. The van der Waals surface area contributed by atoms with Crippen LogP contribution >= 0.6 is 27.7 Å². The first-order valence-corrected chi connectivity index (χ1v) is 8.49. The molecule has 1 aromatic rings. The number of thioether (sulfide) groups is 1. The van der Waals surface area contributed by atoms with Crippen LogP contribution in [0.25, 0.3) is 0 Å². The average Bonchev–Trinajstić information content (AvgIpc) is 2.98. The van der Waals surface area contributed by atoms with E-state index in [0.29, 0.717) is 6.04 Å². The maximum Gasteiger partial charge on any atom is 0.209 e. The lowest BCUT2D eigenvalue weighted by Crippen LogP contribution is -2.08. The Balaban J connectivity index is 1.78. The Kier molecular flexibility index (Phi) is 5.77. The molecule has 0 N–H and O–H groups in total. The van der Waals surface area contributed by atoms with Gasteiger partial charge in [0.25, 0.3) is 0 Å². The highest BCUT2D eigenvalue weighted by atomic mass is 79.9. The predicted molar refractivity (Wildman–Crippen MR) is 73.7 cm³/mol. The first-order chi connectivity index (χ1) is 8.42. The van der Waals surface area contributed by atoms with Crippen LogP contribution in [0.1, 0.15) is 51.0 Å². The van der Waals surface area contributed by atoms with E-state index in [1.165, 1.54) is 44.9 Å². The molecule has 0 amide bonds. The van der Waals surface area contributed by atoms with Crippen molar-refractivity contribution < 1.29 is 0 Å². The Hall–Kier alpha value is -0.100. The average molecular weight is 319 g/mol. The van der Waals surface area contributed by atoms with Crippen molar-refractivity contribution in [3.05, 3.63) is 0 Å². The zero-order valence-corrected chi connectivity index (χ0v) is 12.4. The Bertz CT molecular complexity index is 325. The normalized spacial score (nSPS) is 16.8. The summed E-state index contributed by atoms with van der Waals surface area (Å²) in [5, 5.41) is 14.2. The van der Waals surface area contributed by atoms with Gasteiger partial charge in [-0.15, -0.1) is 5.10 Å². The van der Waals surface area contributed by atoms with Crippen LogP contribution < -0.4 is 0 Å². The second-order valence-corrected chi connectivity index (χ2v) is 6.30. The van der Waals surface area contributed by atoms with E-state index in [1.807, 2.05) is 4.68 Å². The predicted octanol–water partition coefficient (Wildman–Crippen LogP) is 3.45. The summed E-state index contributed by atoms with van der Waals surface area (Å²) >= 11 is 5.26. The Morgan fingerprint density at radius 1 is 1.24 bits per heavy atom. The maximum absolute atomic E-state index is 4.14. The minimum atomic E-state index is 0.551. The van der Waals surface area contributed by atoms with Gasteiger partial charge in [0, 0.05) is 11.1 Å². The number of alkyl halides is 1. The lowest BCUT2D eigenvalue weighted by Gasteiger charge is -2.10. The molecular formula is C11H19BrN4S. The van der Waals surface area contributed by atoms with Gasteiger partial charge in [0.05, 0.1) is 6.04 Å². The van der Waals surface area contributed by atoms with Gasteiger partial charge in [0.2, 0.25) is 5.16 Å². The monoisotopic (exact) mass is 318 g/mol. The van der Waals surface area contributed by atoms with Gasteiger partial charge >= 0.3 is 0 Å². The molecule has 0 aromatic carbocycles. The molecule has 0 spiro atoms. The number of aromatic nitrogens is 4. The quantitative estimate of drug-likeness (QED) is 0.439. The van der Waals surface area contributed by atoms with Gasteiger partial charge in [-0.25, -0.2) is 4.68 Å². The van der Waals surface area contributed by atoms with Gasteiger partial charge < -0.3 is 0 Å². The standard InChI is InChI=1S/C11H19BrN4S/c12-8-4-1-5-9-17-11-13-14-15-16(11)10-6-2-3-7-10/h10H,1-9H2. The summed E-state index contributed by atoms with van der Waals surface area (Å²) in [6.45, 7) is 0. The summed E-state index contributed by atoms with van der Waals surface area (Å²) in [5.41, 5.74) is 0. The molecule has 0 atom stereocenters. The molecule has 1 saturated carbocycles. The summed E-state index contributed by atoms with van der Waals surface area (Å²) in [6, 6.07) is 0.551. The molecule has 6 heteroatoms. The molecule has 1 heterocycles. The van der Waals surface area contributed by atoms with Crippen molar-refractivity contribution in [1.82, 2.24) is 20.2 Å². The zero-order valence-electron chi connectivity index (χ0n) is 10.0. The van der Waals surface area contributed by atoms with Crippen LogP contribution in [-0.4, -0.2) is 31.3 Å². The number of hydrogen-bond donors (Lipinski definition) is 0. The van der Waals surface area contributed by atoms with Gasteiger partial charge in [0.15, 0.2) is 0 Å². The van der Waals surface area contributed by atoms with Crippen molar-refractivity contribution >= 4 is 27.7 Å². The fourth-order valence-corrected chi connectivity index (χ4v) is 3.53. The van der Waals surface area contributed by atoms with Gasteiger partial charge in [0.1, 0.15) is 0 Å². The Morgan fingerprint density at radius 2 is 2.06 bits per heavy atom. The molecule has 1 aliphatic rings. The summed E-state index contributed by atoms with van der Waals surface area (Å²) in [5.74, 6) is 1.13. The summed E-state index contributed by atoms with van der Waals surface area (Å²) in [4.78, 5) is 0. The Labute approximate surface area is 115 Å². The maximum atomic E-state index is 4.14. The number of hydrogen-bond acceptors (Lipinski definition) is 4. The van der Waals surface area contributed by atoms with E-state index in [-0.39, 0.29) is 0 Å². The van der Waals surface area contributed by atoms with Crippen LogP contribution in [0.2, 0.25) is 0 Å². The molecule has 0 radical (unpaired) electrons. The van der Waals surface area contributed by atoms with Gasteiger partial charge in [-0.1, -0.05) is 47.0 Å². The summed E-state index contributed by atoms with van der Waals surface area (Å²) in [7, 11) is 0. The van der Waals surface area contributed by atoms with Crippen LogP contribution in [0.15, 0.2) is 5.16 Å². The second-order valence-electron chi connectivity index (χ2n) is 4.44. The molecule has 4 nitrogen and oxygen atoms in total. The van der Waals surface area contributed by atoms with E-state index in [1.54, 1.807) is 11.8 Å². The van der Waals surface area contributed by atoms with Crippen molar-refractivity contribution in [2.45, 2.75) is 56.1 Å². The molecule has 0 aliphatic heterocycles. The van der Waals surface area contributed by atoms with Crippen LogP contribution in [0.3, 0.4) is 0 Å². The van der Waals surface area contributed by atoms with E-state index in [2.05, 4.69) is 31.5 Å². The molecule has 0 bridgehead atoms. The van der Waals surface area contributed by atoms with Crippen LogP contribution in [0.4, 0.5) is 0 Å². The number of unbranched alkanes of at least 4 members (excludes halogenated alkanes) is 2. The van der Waals surface area contributed by atoms with Crippen LogP contribution in [0, 0.1) is 0 Å². The van der Waals surface area contributed by atoms with E-state index in [4.69, 9.17) is 0 Å². The minimum Gasteiger partial charge on any atom is -0.217 e. The minimum absolute atomic E-state index is 0.551. The second kappa shape index (κ2) is 7.36. The molecule has 0 unspecified atom stereocenters. The molecule has 1 fully saturated rings. The fourth-order valence-electron chi connectivity index (χ4n) is 2.20. The molecular weight excluding hydrogens is 300 g/mol. The third-order valence-corrected chi connectivity index (χ3v) is 4.72. The molecule has 17 heavy (non-hydrogen) atoms. The van der Waals surface area contributed by atoms with Crippen molar-refractivity contribution in [2.75, 3.05) is 11.1 Å². The van der Waals surface area contributed by atoms with E-state index < -0.39 is 0 Å². The topological polar surface area (TPSA) is 43.6 Å². The van der Waals surface area contributed by atoms with E-state index in [0.717, 1.165) is 16.2 Å². The van der Waals surface area contributed by atoms with E-state index >= 15 is 0 Å². The van der Waals surface area contributed by atoms with Crippen LogP contribution in [0.5, 0.6) is 0 Å². The first-order valence-electron chi connectivity index (χ1n) is 6.38. The molecule has 1 aromatic heterocycles. The fraction of sp³-hybridized carbons (Fsp3) is 0.909. The van der Waals surface area contributed by atoms with Crippen LogP contribution in [-0.2, 0) is 0 Å².